The largest absolute Gasteiger partial charge is 0.344 e. The summed E-state index contributed by atoms with van der Waals surface area (Å²) in [7, 11) is 0. The molecule has 1 saturated heterocycles. The van der Waals surface area contributed by atoms with Crippen molar-refractivity contribution in [3.63, 3.8) is 0 Å². The number of likely N-dealkylation sites (tertiary alicyclic amines) is 1. The van der Waals surface area contributed by atoms with Crippen molar-refractivity contribution < 1.29 is 9.59 Å². The van der Waals surface area contributed by atoms with E-state index >= 15 is 0 Å². The molecule has 2 N–H and O–H groups in total. The molecule has 0 radical (unpaired) electrons. The second-order valence-electron chi connectivity index (χ2n) is 7.79. The van der Waals surface area contributed by atoms with Crippen molar-refractivity contribution in [1.82, 2.24) is 25.2 Å². The van der Waals surface area contributed by atoms with Gasteiger partial charge in [-0.1, -0.05) is 0 Å². The topological polar surface area (TPSA) is 91.0 Å². The average Bonchev–Trinajstić information content (AvgIpc) is 3.58. The van der Waals surface area contributed by atoms with Gasteiger partial charge in [0.1, 0.15) is 11.6 Å². The number of H-pyrrole nitrogens is 1. The molecule has 26 heavy (non-hydrogen) atoms. The number of fused-ring (bicyclic) bond motifs is 1. The Morgan fingerprint density at radius 1 is 1.19 bits per heavy atom. The molecule has 7 nitrogen and oxygen atoms in total. The molecule has 0 bridgehead atoms. The number of aromatic amines is 1. The quantitative estimate of drug-likeness (QED) is 0.860. The third-order valence-corrected chi connectivity index (χ3v) is 5.70. The third kappa shape index (κ3) is 2.85. The first-order valence-electron chi connectivity index (χ1n) is 9.64. The molecule has 2 aromatic heterocycles. The summed E-state index contributed by atoms with van der Waals surface area (Å²) in [6.07, 6.45) is 9.84. The predicted octanol–water partition coefficient (Wildman–Crippen LogP) is 1.97. The van der Waals surface area contributed by atoms with Crippen LogP contribution in [-0.2, 0) is 4.79 Å². The van der Waals surface area contributed by atoms with E-state index in [1.807, 2.05) is 4.90 Å². The molecule has 7 heteroatoms. The van der Waals surface area contributed by atoms with Gasteiger partial charge < -0.3 is 15.2 Å². The SMILES string of the molecule is O=C(NC(C(=O)N1CCCC1)C1CC1)c1c[nH]c2ncc(C3CC3)nc12. The number of rotatable bonds is 5. The van der Waals surface area contributed by atoms with Gasteiger partial charge in [0.25, 0.3) is 5.91 Å². The zero-order chi connectivity index (χ0) is 17.7. The maximum Gasteiger partial charge on any atom is 0.255 e. The van der Waals surface area contributed by atoms with Crippen molar-refractivity contribution in [3.05, 3.63) is 23.7 Å². The highest BCUT2D eigenvalue weighted by atomic mass is 16.2. The van der Waals surface area contributed by atoms with Crippen LogP contribution in [0, 0.1) is 5.92 Å². The number of hydrogen-bond donors (Lipinski definition) is 2. The highest BCUT2D eigenvalue weighted by Gasteiger charge is 2.40. The van der Waals surface area contributed by atoms with Crippen LogP contribution < -0.4 is 5.32 Å². The van der Waals surface area contributed by atoms with E-state index in [4.69, 9.17) is 0 Å². The van der Waals surface area contributed by atoms with Crippen LogP contribution in [-0.4, -0.2) is 50.8 Å². The van der Waals surface area contributed by atoms with Crippen LogP contribution in [0.4, 0.5) is 0 Å². The first kappa shape index (κ1) is 15.8. The lowest BCUT2D eigenvalue weighted by molar-refractivity contribution is -0.132. The minimum Gasteiger partial charge on any atom is -0.344 e. The van der Waals surface area contributed by atoms with Gasteiger partial charge in [0.2, 0.25) is 5.91 Å². The molecule has 2 aliphatic carbocycles. The van der Waals surface area contributed by atoms with Gasteiger partial charge in [-0.15, -0.1) is 0 Å². The molecule has 2 amide bonds. The molecule has 0 aromatic carbocycles. The molecule has 5 rings (SSSR count). The number of nitrogens with one attached hydrogen (secondary N) is 2. The highest BCUT2D eigenvalue weighted by Crippen LogP contribution is 2.39. The van der Waals surface area contributed by atoms with E-state index in [0.29, 0.717) is 22.6 Å². The number of nitrogens with zero attached hydrogens (tertiary/aromatic N) is 3. The lowest BCUT2D eigenvalue weighted by Gasteiger charge is -2.23. The van der Waals surface area contributed by atoms with Gasteiger partial charge in [0.15, 0.2) is 5.65 Å². The number of aromatic nitrogens is 3. The molecule has 1 atom stereocenters. The summed E-state index contributed by atoms with van der Waals surface area (Å²) in [6, 6.07) is -0.412. The summed E-state index contributed by atoms with van der Waals surface area (Å²) in [4.78, 5) is 39.7. The van der Waals surface area contributed by atoms with Crippen LogP contribution in [0.5, 0.6) is 0 Å². The zero-order valence-electron chi connectivity index (χ0n) is 14.7. The van der Waals surface area contributed by atoms with Gasteiger partial charge in [-0.05, 0) is 44.4 Å². The van der Waals surface area contributed by atoms with Crippen molar-refractivity contribution in [2.24, 2.45) is 5.92 Å². The summed E-state index contributed by atoms with van der Waals surface area (Å²) >= 11 is 0. The summed E-state index contributed by atoms with van der Waals surface area (Å²) in [6.45, 7) is 1.61. The number of hydrogen-bond acceptors (Lipinski definition) is 4. The van der Waals surface area contributed by atoms with Crippen LogP contribution in [0.2, 0.25) is 0 Å². The van der Waals surface area contributed by atoms with Crippen molar-refractivity contribution in [1.29, 1.82) is 0 Å². The van der Waals surface area contributed by atoms with E-state index in [-0.39, 0.29) is 17.7 Å². The van der Waals surface area contributed by atoms with E-state index in [0.717, 1.165) is 57.3 Å². The van der Waals surface area contributed by atoms with E-state index in [1.54, 1.807) is 12.4 Å². The normalized spacial score (nSPS) is 21.2. The molecule has 3 heterocycles. The van der Waals surface area contributed by atoms with Crippen molar-refractivity contribution in [2.45, 2.75) is 50.5 Å². The Hall–Kier alpha value is -2.44. The maximum absolute atomic E-state index is 12.9. The molecule has 0 spiro atoms. The van der Waals surface area contributed by atoms with Gasteiger partial charge in [0, 0.05) is 25.2 Å². The Balaban J connectivity index is 1.39. The first-order chi connectivity index (χ1) is 12.7. The smallest absolute Gasteiger partial charge is 0.255 e. The molecule has 136 valence electrons. The van der Waals surface area contributed by atoms with Crippen molar-refractivity contribution in [2.75, 3.05) is 13.1 Å². The highest BCUT2D eigenvalue weighted by molar-refractivity contribution is 6.06. The lowest BCUT2D eigenvalue weighted by Crippen LogP contribution is -2.49. The summed E-state index contributed by atoms with van der Waals surface area (Å²) in [5.74, 6) is 0.588. The van der Waals surface area contributed by atoms with E-state index < -0.39 is 6.04 Å². The number of carbonyl (C=O) groups excluding carboxylic acids is 2. The number of amides is 2. The molecule has 2 aromatic rings. The second-order valence-corrected chi connectivity index (χ2v) is 7.79. The van der Waals surface area contributed by atoms with Crippen LogP contribution >= 0.6 is 0 Å². The minimum atomic E-state index is -0.412. The Labute approximate surface area is 151 Å². The second kappa shape index (κ2) is 6.07. The maximum atomic E-state index is 12.9. The molecule has 2 saturated carbocycles. The van der Waals surface area contributed by atoms with Crippen LogP contribution in [0.15, 0.2) is 12.4 Å². The zero-order valence-corrected chi connectivity index (χ0v) is 14.7. The van der Waals surface area contributed by atoms with E-state index in [2.05, 4.69) is 20.3 Å². The molecule has 3 fully saturated rings. The predicted molar refractivity (Wildman–Crippen MR) is 95.7 cm³/mol. The Bertz CT molecular complexity index is 862. The summed E-state index contributed by atoms with van der Waals surface area (Å²) in [5.41, 5.74) is 2.66. The van der Waals surface area contributed by atoms with E-state index in [1.165, 1.54) is 0 Å². The summed E-state index contributed by atoms with van der Waals surface area (Å²) in [5, 5.41) is 3.00. The lowest BCUT2D eigenvalue weighted by atomic mass is 10.1. The fourth-order valence-corrected chi connectivity index (χ4v) is 3.82. The van der Waals surface area contributed by atoms with Crippen LogP contribution in [0.3, 0.4) is 0 Å². The van der Waals surface area contributed by atoms with E-state index in [9.17, 15) is 9.59 Å². The molecule has 1 unspecified atom stereocenters. The van der Waals surface area contributed by atoms with Gasteiger partial charge in [0.05, 0.1) is 17.5 Å². The average molecular weight is 353 g/mol. The van der Waals surface area contributed by atoms with Crippen molar-refractivity contribution >= 4 is 23.0 Å². The van der Waals surface area contributed by atoms with Crippen LogP contribution in [0.1, 0.15) is 60.5 Å². The minimum absolute atomic E-state index is 0.0722. The van der Waals surface area contributed by atoms with Gasteiger partial charge in [-0.3, -0.25) is 9.59 Å². The van der Waals surface area contributed by atoms with Gasteiger partial charge >= 0.3 is 0 Å². The molecular formula is C19H23N5O2. The fourth-order valence-electron chi connectivity index (χ4n) is 3.82. The number of carbonyl (C=O) groups is 2. The Kier molecular flexibility index (Phi) is 3.69. The Morgan fingerprint density at radius 2 is 1.96 bits per heavy atom. The molecule has 3 aliphatic rings. The fraction of sp³-hybridized carbons (Fsp3) is 0.579. The monoisotopic (exact) mass is 353 g/mol. The molecule has 1 aliphatic heterocycles. The summed E-state index contributed by atoms with van der Waals surface area (Å²) < 4.78 is 0. The van der Waals surface area contributed by atoms with Gasteiger partial charge in [-0.25, -0.2) is 9.97 Å². The Morgan fingerprint density at radius 3 is 2.65 bits per heavy atom. The first-order valence-corrected chi connectivity index (χ1v) is 9.64. The standard InChI is InChI=1S/C19H23N5O2/c25-18(23-15(12-5-6-12)19(26)24-7-1-2-8-24)13-9-20-17-16(13)22-14(10-21-17)11-3-4-11/h9-12,15H,1-8H2,(H,20,21)(H,23,25). The third-order valence-electron chi connectivity index (χ3n) is 5.70. The van der Waals surface area contributed by atoms with Gasteiger partial charge in [-0.2, -0.15) is 0 Å². The van der Waals surface area contributed by atoms with Crippen LogP contribution in [0.25, 0.3) is 11.2 Å². The molecular weight excluding hydrogens is 330 g/mol. The van der Waals surface area contributed by atoms with Crippen molar-refractivity contribution in [3.8, 4) is 0 Å².